The summed E-state index contributed by atoms with van der Waals surface area (Å²) in [6, 6.07) is 20.0. The second kappa shape index (κ2) is 16.3. The van der Waals surface area contributed by atoms with Crippen molar-refractivity contribution in [3.8, 4) is 11.5 Å². The fraction of sp³-hybridized carbons (Fsp3) is 0.417. The zero-order valence-electron chi connectivity index (χ0n) is 28.5. The Balaban J connectivity index is 1.53. The number of nitrogens with zero attached hydrogens (tertiary/aromatic N) is 1. The quantitative estimate of drug-likeness (QED) is 0.189. The number of carbonyl (C=O) groups is 3. The number of aliphatic hydroxyl groups excluding tert-OH is 1. The van der Waals surface area contributed by atoms with Gasteiger partial charge in [-0.1, -0.05) is 83.1 Å². The summed E-state index contributed by atoms with van der Waals surface area (Å²) in [4.78, 5) is 39.3. The number of benzene rings is 3. The predicted octanol–water partition coefficient (Wildman–Crippen LogP) is 3.11. The Labute approximate surface area is 288 Å². The lowest BCUT2D eigenvalue weighted by Crippen LogP contribution is -2.59. The van der Waals surface area contributed by atoms with E-state index < -0.39 is 51.3 Å². The van der Waals surface area contributed by atoms with Gasteiger partial charge in [-0.2, -0.15) is 4.31 Å². The number of rotatable bonds is 15. The first-order valence-corrected chi connectivity index (χ1v) is 17.6. The Bertz CT molecular complexity index is 1690. The number of ether oxygens (including phenoxy) is 2. The topological polar surface area (TPSA) is 163 Å². The van der Waals surface area contributed by atoms with Gasteiger partial charge < -0.3 is 30.5 Å². The van der Waals surface area contributed by atoms with Gasteiger partial charge in [0, 0.05) is 24.7 Å². The Morgan fingerprint density at radius 3 is 2.14 bits per heavy atom. The molecule has 264 valence electrons. The van der Waals surface area contributed by atoms with Gasteiger partial charge in [0.05, 0.1) is 23.6 Å². The van der Waals surface area contributed by atoms with Crippen LogP contribution in [0.25, 0.3) is 0 Å². The van der Waals surface area contributed by atoms with Crippen molar-refractivity contribution in [1.29, 1.82) is 0 Å². The molecule has 1 aliphatic heterocycles. The van der Waals surface area contributed by atoms with Crippen molar-refractivity contribution < 1.29 is 37.4 Å². The number of hydrogen-bond acceptors (Lipinski definition) is 8. The van der Waals surface area contributed by atoms with Crippen LogP contribution in [0.1, 0.15) is 50.5 Å². The van der Waals surface area contributed by atoms with Gasteiger partial charge in [0.25, 0.3) is 5.91 Å². The van der Waals surface area contributed by atoms with Crippen molar-refractivity contribution in [2.75, 3.05) is 26.4 Å². The molecule has 0 aliphatic carbocycles. The Morgan fingerprint density at radius 2 is 1.51 bits per heavy atom. The van der Waals surface area contributed by atoms with E-state index in [9.17, 15) is 27.9 Å². The second-order valence-electron chi connectivity index (χ2n) is 13.5. The summed E-state index contributed by atoms with van der Waals surface area (Å²) in [5.41, 5.74) is 0.434. The van der Waals surface area contributed by atoms with E-state index in [1.165, 1.54) is 22.5 Å². The largest absolute Gasteiger partial charge is 0.454 e. The summed E-state index contributed by atoms with van der Waals surface area (Å²) < 4.78 is 39.8. The number of hydrogen-bond donors (Lipinski definition) is 4. The minimum absolute atomic E-state index is 0.00748. The normalized spacial score (nSPS) is 14.6. The van der Waals surface area contributed by atoms with Gasteiger partial charge in [-0.05, 0) is 47.6 Å². The number of fused-ring (bicyclic) bond motifs is 1. The monoisotopic (exact) mass is 694 g/mol. The van der Waals surface area contributed by atoms with E-state index in [2.05, 4.69) is 16.0 Å². The van der Waals surface area contributed by atoms with Crippen LogP contribution in [0.4, 0.5) is 0 Å². The number of nitrogens with one attached hydrogen (secondary N) is 3. The summed E-state index contributed by atoms with van der Waals surface area (Å²) in [6.45, 7) is 8.52. The molecule has 4 rings (SSSR count). The van der Waals surface area contributed by atoms with Gasteiger partial charge in [-0.25, -0.2) is 8.42 Å². The van der Waals surface area contributed by atoms with Crippen molar-refractivity contribution >= 4 is 27.7 Å². The molecule has 0 aromatic heterocycles. The molecular weight excluding hydrogens is 648 g/mol. The van der Waals surface area contributed by atoms with E-state index in [1.807, 2.05) is 44.2 Å². The molecule has 0 saturated heterocycles. The minimum Gasteiger partial charge on any atom is -0.454 e. The maximum absolute atomic E-state index is 13.9. The van der Waals surface area contributed by atoms with Crippen LogP contribution in [-0.2, 0) is 26.0 Å². The summed E-state index contributed by atoms with van der Waals surface area (Å²) in [7, 11) is -4.10. The smallest absolute Gasteiger partial charge is 0.251 e. The number of carbonyl (C=O) groups excluding carboxylic acids is 3. The zero-order valence-corrected chi connectivity index (χ0v) is 29.3. The third kappa shape index (κ3) is 10.3. The fourth-order valence-corrected chi connectivity index (χ4v) is 6.99. The van der Waals surface area contributed by atoms with Crippen molar-refractivity contribution in [2.45, 2.75) is 64.1 Å². The van der Waals surface area contributed by atoms with Crippen LogP contribution in [0.3, 0.4) is 0 Å². The zero-order chi connectivity index (χ0) is 35.8. The molecule has 49 heavy (non-hydrogen) atoms. The summed E-state index contributed by atoms with van der Waals surface area (Å²) >= 11 is 0. The third-order valence-corrected chi connectivity index (χ3v) is 9.74. The Morgan fingerprint density at radius 1 is 0.878 bits per heavy atom. The van der Waals surface area contributed by atoms with Crippen molar-refractivity contribution in [3.05, 3.63) is 90.0 Å². The average molecular weight is 695 g/mol. The van der Waals surface area contributed by atoms with Crippen LogP contribution in [0.2, 0.25) is 0 Å². The fourth-order valence-electron chi connectivity index (χ4n) is 5.36. The molecule has 3 aromatic carbocycles. The van der Waals surface area contributed by atoms with Crippen molar-refractivity contribution in [2.24, 2.45) is 11.3 Å². The molecule has 1 heterocycles. The number of amides is 3. The van der Waals surface area contributed by atoms with E-state index in [1.54, 1.807) is 51.1 Å². The molecule has 3 aromatic rings. The van der Waals surface area contributed by atoms with E-state index in [-0.39, 0.29) is 43.7 Å². The molecule has 0 spiro atoms. The first-order chi connectivity index (χ1) is 23.1. The van der Waals surface area contributed by atoms with E-state index in [0.29, 0.717) is 17.1 Å². The summed E-state index contributed by atoms with van der Waals surface area (Å²) in [6.07, 6.45) is -1.15. The molecule has 12 nitrogen and oxygen atoms in total. The standard InChI is InChI=1S/C36H46N4O8S/c1-24(2)21-40(49(45,46)27-16-17-30-31(19-27)48-23-47-30)22-29(41)28(18-25-12-8-6-9-13-25)38-35(44)33(36(3,4)5)39-32(42)20-37-34(43)26-14-10-7-11-15-26/h6-17,19,24,28-29,33,41H,18,20-23H2,1-5H3,(H,37,43)(H,38,44)(H,39,42)/t28-,29+,33+/m0/s1. The molecule has 1 aliphatic rings. The van der Waals surface area contributed by atoms with Gasteiger partial charge in [0.1, 0.15) is 6.04 Å². The lowest BCUT2D eigenvalue weighted by atomic mass is 9.85. The van der Waals surface area contributed by atoms with Gasteiger partial charge in [0.15, 0.2) is 11.5 Å². The van der Waals surface area contributed by atoms with Crippen LogP contribution < -0.4 is 25.4 Å². The highest BCUT2D eigenvalue weighted by Gasteiger charge is 2.37. The molecule has 0 unspecified atom stereocenters. The molecule has 3 amide bonds. The SMILES string of the molecule is CC(C)CN(C[C@@H](O)[C@H](Cc1ccccc1)NC(=O)[C@@H](NC(=O)CNC(=O)c1ccccc1)C(C)(C)C)S(=O)(=O)c1ccc2c(c1)OCO2. The van der Waals surface area contributed by atoms with Crippen LogP contribution in [-0.4, -0.2) is 80.2 Å². The molecule has 0 bridgehead atoms. The Hall–Kier alpha value is -4.46. The maximum Gasteiger partial charge on any atom is 0.251 e. The van der Waals surface area contributed by atoms with Gasteiger partial charge in [0.2, 0.25) is 28.6 Å². The van der Waals surface area contributed by atoms with E-state index in [4.69, 9.17) is 9.47 Å². The molecule has 4 N–H and O–H groups in total. The first-order valence-electron chi connectivity index (χ1n) is 16.2. The lowest BCUT2D eigenvalue weighted by Gasteiger charge is -2.34. The lowest BCUT2D eigenvalue weighted by molar-refractivity contribution is -0.132. The minimum atomic E-state index is -4.10. The van der Waals surface area contributed by atoms with Crippen molar-refractivity contribution in [3.63, 3.8) is 0 Å². The third-order valence-electron chi connectivity index (χ3n) is 7.91. The highest BCUT2D eigenvalue weighted by atomic mass is 32.2. The number of sulfonamides is 1. The highest BCUT2D eigenvalue weighted by molar-refractivity contribution is 7.89. The molecule has 0 fully saturated rings. The first kappa shape index (κ1) is 37.4. The second-order valence-corrected chi connectivity index (χ2v) is 15.5. The highest BCUT2D eigenvalue weighted by Crippen LogP contribution is 2.35. The van der Waals surface area contributed by atoms with Gasteiger partial charge >= 0.3 is 0 Å². The predicted molar refractivity (Wildman–Crippen MR) is 184 cm³/mol. The molecule has 0 radical (unpaired) electrons. The number of aliphatic hydroxyl groups is 1. The van der Waals surface area contributed by atoms with Crippen molar-refractivity contribution in [1.82, 2.24) is 20.3 Å². The van der Waals surface area contributed by atoms with E-state index >= 15 is 0 Å². The molecular formula is C36H46N4O8S. The summed E-state index contributed by atoms with van der Waals surface area (Å²) in [5.74, 6) is -0.891. The van der Waals surface area contributed by atoms with E-state index in [0.717, 1.165) is 5.56 Å². The van der Waals surface area contributed by atoms with Crippen LogP contribution in [0, 0.1) is 11.3 Å². The Kier molecular flexibility index (Phi) is 12.4. The van der Waals surface area contributed by atoms with Gasteiger partial charge in [-0.15, -0.1) is 0 Å². The molecule has 13 heteroatoms. The maximum atomic E-state index is 13.9. The average Bonchev–Trinajstić information content (AvgIpc) is 3.54. The van der Waals surface area contributed by atoms with Crippen LogP contribution in [0.5, 0.6) is 11.5 Å². The molecule has 3 atom stereocenters. The van der Waals surface area contributed by atoms with Gasteiger partial charge in [-0.3, -0.25) is 14.4 Å². The van der Waals surface area contributed by atoms with Crippen LogP contribution in [0.15, 0.2) is 83.8 Å². The molecule has 0 saturated carbocycles. The van der Waals surface area contributed by atoms with Crippen LogP contribution >= 0.6 is 0 Å². The summed E-state index contributed by atoms with van der Waals surface area (Å²) in [5, 5.41) is 19.9.